The van der Waals surface area contributed by atoms with Gasteiger partial charge in [-0.25, -0.2) is 9.78 Å². The van der Waals surface area contributed by atoms with Crippen LogP contribution in [0.1, 0.15) is 62.6 Å². The van der Waals surface area contributed by atoms with Gasteiger partial charge in [-0.1, -0.05) is 32.4 Å². The van der Waals surface area contributed by atoms with Crippen molar-refractivity contribution >= 4 is 35.1 Å². The minimum Gasteiger partial charge on any atom is -0.465 e. The molecule has 0 aliphatic carbocycles. The highest BCUT2D eigenvalue weighted by Gasteiger charge is 2.29. The average molecular weight is 525 g/mol. The number of rotatable bonds is 5. The second-order valence-corrected chi connectivity index (χ2v) is 10.7. The molecule has 1 aromatic carbocycles. The van der Waals surface area contributed by atoms with Crippen molar-refractivity contribution in [3.63, 3.8) is 0 Å². The molecule has 1 fully saturated rings. The lowest BCUT2D eigenvalue weighted by Gasteiger charge is -2.30. The number of carbonyl (C=O) groups is 2. The van der Waals surface area contributed by atoms with Gasteiger partial charge in [0.2, 0.25) is 0 Å². The Bertz CT molecular complexity index is 1290. The number of carbonyl (C=O) groups excluding carboxylic acids is 1. The minimum absolute atomic E-state index is 0.0915. The molecule has 0 atom stereocenters. The first-order chi connectivity index (χ1) is 17.5. The van der Waals surface area contributed by atoms with Crippen molar-refractivity contribution in [1.29, 1.82) is 0 Å². The average Bonchev–Trinajstić information content (AvgIpc) is 3.32. The predicted octanol–water partition coefficient (Wildman–Crippen LogP) is 5.46. The number of carboxylic acid groups (broad SMARTS) is 1. The van der Waals surface area contributed by atoms with Gasteiger partial charge in [0.15, 0.2) is 0 Å². The summed E-state index contributed by atoms with van der Waals surface area (Å²) in [4.78, 5) is 32.3. The summed E-state index contributed by atoms with van der Waals surface area (Å²) in [6, 6.07) is 8.97. The zero-order valence-electron chi connectivity index (χ0n) is 21.6. The van der Waals surface area contributed by atoms with E-state index < -0.39 is 6.09 Å². The predicted molar refractivity (Wildman–Crippen MR) is 145 cm³/mol. The van der Waals surface area contributed by atoms with Crippen molar-refractivity contribution in [1.82, 2.24) is 19.7 Å². The maximum atomic E-state index is 13.6. The van der Waals surface area contributed by atoms with Crippen molar-refractivity contribution in [3.05, 3.63) is 59.0 Å². The molecule has 0 radical (unpaired) electrons. The number of likely N-dealkylation sites (tertiary alicyclic amines) is 1. The van der Waals surface area contributed by atoms with Crippen molar-refractivity contribution in [2.24, 2.45) is 0 Å². The molecule has 10 heteroatoms. The monoisotopic (exact) mass is 524 g/mol. The maximum absolute atomic E-state index is 13.6. The van der Waals surface area contributed by atoms with E-state index in [0.29, 0.717) is 43.1 Å². The van der Waals surface area contributed by atoms with Crippen LogP contribution in [0.25, 0.3) is 11.1 Å². The van der Waals surface area contributed by atoms with E-state index in [1.165, 1.54) is 4.90 Å². The normalized spacial score (nSPS) is 14.6. The number of pyridine rings is 1. The summed E-state index contributed by atoms with van der Waals surface area (Å²) in [6.45, 7) is 9.56. The van der Waals surface area contributed by atoms with Crippen molar-refractivity contribution in [2.45, 2.75) is 52.0 Å². The van der Waals surface area contributed by atoms with Crippen LogP contribution in [-0.4, -0.2) is 56.4 Å². The molecule has 1 saturated heterocycles. The molecule has 2 amide bonds. The summed E-state index contributed by atoms with van der Waals surface area (Å²) >= 11 is 6.03. The first-order valence-corrected chi connectivity index (χ1v) is 12.8. The summed E-state index contributed by atoms with van der Waals surface area (Å²) in [6.07, 6.45) is 4.15. The van der Waals surface area contributed by atoms with Gasteiger partial charge in [-0.2, -0.15) is 5.10 Å². The first-order valence-electron chi connectivity index (χ1n) is 12.4. The number of benzene rings is 1. The van der Waals surface area contributed by atoms with Crippen LogP contribution >= 0.6 is 11.6 Å². The Kier molecular flexibility index (Phi) is 7.45. The van der Waals surface area contributed by atoms with Crippen LogP contribution in [0.4, 0.5) is 16.3 Å². The van der Waals surface area contributed by atoms with E-state index in [1.807, 2.05) is 17.8 Å². The molecule has 0 bridgehead atoms. The third-order valence-corrected chi connectivity index (χ3v) is 6.96. The summed E-state index contributed by atoms with van der Waals surface area (Å²) in [5.74, 6) is -0.0886. The molecule has 9 nitrogen and oxygen atoms in total. The molecule has 0 saturated carbocycles. The van der Waals surface area contributed by atoms with Gasteiger partial charge in [0.05, 0.1) is 17.3 Å². The second kappa shape index (κ2) is 10.4. The zero-order chi connectivity index (χ0) is 26.9. The quantitative estimate of drug-likeness (QED) is 0.457. The Morgan fingerprint density at radius 1 is 1.19 bits per heavy atom. The molecule has 3 aromatic rings. The number of piperidine rings is 1. The number of amides is 2. The summed E-state index contributed by atoms with van der Waals surface area (Å²) in [5.41, 5.74) is 9.47. The zero-order valence-corrected chi connectivity index (χ0v) is 22.4. The van der Waals surface area contributed by atoms with Crippen LogP contribution in [0.15, 0.2) is 42.7 Å². The molecule has 1 aliphatic rings. The van der Waals surface area contributed by atoms with E-state index in [2.05, 4.69) is 25.8 Å². The van der Waals surface area contributed by atoms with Gasteiger partial charge in [0.1, 0.15) is 5.82 Å². The minimum atomic E-state index is -0.889. The molecular weight excluding hydrogens is 492 g/mol. The molecule has 2 aromatic heterocycles. The Labute approximate surface area is 221 Å². The lowest BCUT2D eigenvalue weighted by atomic mass is 9.87. The van der Waals surface area contributed by atoms with E-state index in [4.69, 9.17) is 22.4 Å². The number of nitrogens with zero attached hydrogens (tertiary/aromatic N) is 5. The fourth-order valence-corrected chi connectivity index (χ4v) is 4.80. The highest BCUT2D eigenvalue weighted by molar-refractivity contribution is 6.30. The Balaban J connectivity index is 1.70. The first kappa shape index (κ1) is 26.5. The van der Waals surface area contributed by atoms with Crippen LogP contribution < -0.4 is 10.6 Å². The maximum Gasteiger partial charge on any atom is 0.407 e. The van der Waals surface area contributed by atoms with Gasteiger partial charge < -0.3 is 20.6 Å². The number of hydrogen-bond acceptors (Lipinski definition) is 5. The Morgan fingerprint density at radius 2 is 1.84 bits per heavy atom. The topological polar surface area (TPSA) is 118 Å². The largest absolute Gasteiger partial charge is 0.465 e. The highest BCUT2D eigenvalue weighted by Crippen LogP contribution is 2.35. The van der Waals surface area contributed by atoms with E-state index in [-0.39, 0.29) is 23.2 Å². The smallest absolute Gasteiger partial charge is 0.407 e. The van der Waals surface area contributed by atoms with E-state index >= 15 is 0 Å². The number of anilines is 2. The number of nitrogens with two attached hydrogens (primary N) is 1. The second-order valence-electron chi connectivity index (χ2n) is 10.3. The van der Waals surface area contributed by atoms with Gasteiger partial charge >= 0.3 is 6.09 Å². The number of halogens is 1. The Morgan fingerprint density at radius 3 is 2.41 bits per heavy atom. The third-order valence-electron chi connectivity index (χ3n) is 6.71. The van der Waals surface area contributed by atoms with Crippen molar-refractivity contribution < 1.29 is 14.7 Å². The Hall–Kier alpha value is -3.59. The van der Waals surface area contributed by atoms with Crippen LogP contribution in [0, 0.1) is 0 Å². The lowest BCUT2D eigenvalue weighted by molar-refractivity contribution is 0.0988. The van der Waals surface area contributed by atoms with E-state index in [0.717, 1.165) is 22.5 Å². The molecule has 0 spiro atoms. The van der Waals surface area contributed by atoms with Gasteiger partial charge in [0, 0.05) is 59.3 Å². The van der Waals surface area contributed by atoms with E-state index in [1.54, 1.807) is 41.4 Å². The fourth-order valence-electron chi connectivity index (χ4n) is 4.67. The van der Waals surface area contributed by atoms with Gasteiger partial charge in [-0.3, -0.25) is 9.48 Å². The number of nitrogen functional groups attached to an aromatic ring is 1. The highest BCUT2D eigenvalue weighted by atomic mass is 35.5. The van der Waals surface area contributed by atoms with Crippen LogP contribution in [0.2, 0.25) is 5.02 Å². The molecule has 1 aliphatic heterocycles. The van der Waals surface area contributed by atoms with Gasteiger partial charge in [-0.05, 0) is 50.1 Å². The van der Waals surface area contributed by atoms with Crippen LogP contribution in [-0.2, 0) is 5.41 Å². The standard InChI is InChI=1S/C27H33ClN6O3/c1-5-33(19-8-6-18(28)7-9-19)25(35)21-14-17(15-30-24(21)29)22-16-34(31-23(22)27(2,3)4)20-10-12-32(13-11-20)26(36)37/h6-9,14-16,20H,5,10-13H2,1-4H3,(H2,29,30)(H,36,37). The fraction of sp³-hybridized carbons (Fsp3) is 0.407. The van der Waals surface area contributed by atoms with Gasteiger partial charge in [-0.15, -0.1) is 0 Å². The number of aromatic nitrogens is 3. The molecule has 0 unspecified atom stereocenters. The van der Waals surface area contributed by atoms with Gasteiger partial charge in [0.25, 0.3) is 5.91 Å². The summed E-state index contributed by atoms with van der Waals surface area (Å²) in [7, 11) is 0. The summed E-state index contributed by atoms with van der Waals surface area (Å²) < 4.78 is 1.94. The lowest BCUT2D eigenvalue weighted by Crippen LogP contribution is -2.38. The molecule has 3 heterocycles. The van der Waals surface area contributed by atoms with Crippen molar-refractivity contribution in [3.8, 4) is 11.1 Å². The SMILES string of the molecule is CCN(C(=O)c1cc(-c2cn(C3CCN(C(=O)O)CC3)nc2C(C)(C)C)cnc1N)c1ccc(Cl)cc1. The van der Waals surface area contributed by atoms with Crippen LogP contribution in [0.3, 0.4) is 0 Å². The van der Waals surface area contributed by atoms with Crippen LogP contribution in [0.5, 0.6) is 0 Å². The molecular formula is C27H33ClN6O3. The molecule has 3 N–H and O–H groups in total. The van der Waals surface area contributed by atoms with Crippen molar-refractivity contribution in [2.75, 3.05) is 30.3 Å². The third kappa shape index (κ3) is 5.56. The molecule has 196 valence electrons. The molecule has 4 rings (SSSR count). The number of hydrogen-bond donors (Lipinski definition) is 2. The summed E-state index contributed by atoms with van der Waals surface area (Å²) in [5, 5.41) is 14.8. The molecule has 37 heavy (non-hydrogen) atoms. The van der Waals surface area contributed by atoms with E-state index in [9.17, 15) is 14.7 Å².